The van der Waals surface area contributed by atoms with Crippen molar-refractivity contribution in [3.05, 3.63) is 58.7 Å². The lowest BCUT2D eigenvalue weighted by molar-refractivity contribution is -0.118. The molecule has 0 heterocycles. The molecule has 4 heteroatoms. The van der Waals surface area contributed by atoms with E-state index in [1.807, 2.05) is 41.5 Å². The van der Waals surface area contributed by atoms with Crippen LogP contribution in [0.2, 0.25) is 0 Å². The van der Waals surface area contributed by atoms with Gasteiger partial charge in [-0.25, -0.2) is 0 Å². The van der Waals surface area contributed by atoms with Crippen LogP contribution in [0.3, 0.4) is 0 Å². The molecule has 0 bridgehead atoms. The smallest absolute Gasteiger partial charge is 0.230 e. The van der Waals surface area contributed by atoms with E-state index in [9.17, 15) is 19.2 Å². The first-order valence-corrected chi connectivity index (χ1v) is 9.55. The van der Waals surface area contributed by atoms with Gasteiger partial charge in [-0.3, -0.25) is 19.2 Å². The van der Waals surface area contributed by atoms with Crippen molar-refractivity contribution in [1.82, 2.24) is 0 Å². The number of carbonyl (C=O) groups is 4. The van der Waals surface area contributed by atoms with Crippen LogP contribution in [0.5, 0.6) is 0 Å². The second-order valence-electron chi connectivity index (χ2n) is 9.65. The average Bonchev–Trinajstić information content (AvgIpc) is 2.59. The first-order chi connectivity index (χ1) is 12.8. The fourth-order valence-corrected chi connectivity index (χ4v) is 3.91. The van der Waals surface area contributed by atoms with Gasteiger partial charge in [0, 0.05) is 28.2 Å². The number of rotatable bonds is 1. The van der Waals surface area contributed by atoms with Crippen LogP contribution in [0.4, 0.5) is 0 Å². The van der Waals surface area contributed by atoms with Crippen molar-refractivity contribution < 1.29 is 19.2 Å². The number of Topliss-reactive ketones (excluding diaryl/α,β-unsaturated/α-hetero) is 4. The Morgan fingerprint density at radius 3 is 1.57 bits per heavy atom. The molecule has 0 amide bonds. The molecule has 0 fully saturated rings. The minimum absolute atomic E-state index is 0.0568. The molecule has 4 nitrogen and oxygen atoms in total. The highest BCUT2D eigenvalue weighted by atomic mass is 16.2. The fourth-order valence-electron chi connectivity index (χ4n) is 3.91. The van der Waals surface area contributed by atoms with E-state index in [1.165, 1.54) is 6.07 Å². The third kappa shape index (κ3) is 3.21. The van der Waals surface area contributed by atoms with Gasteiger partial charge in [0.25, 0.3) is 0 Å². The molecule has 0 aromatic heterocycles. The molecule has 0 saturated carbocycles. The number of hydrogen-bond donors (Lipinski definition) is 0. The van der Waals surface area contributed by atoms with Gasteiger partial charge in [-0.05, 0) is 10.8 Å². The molecular formula is C24H26O4. The summed E-state index contributed by atoms with van der Waals surface area (Å²) in [6.45, 7) is 11.6. The molecule has 0 radical (unpaired) electrons. The first kappa shape index (κ1) is 20.1. The topological polar surface area (TPSA) is 68.3 Å². The molecule has 1 aromatic carbocycles. The van der Waals surface area contributed by atoms with Crippen LogP contribution < -0.4 is 0 Å². The summed E-state index contributed by atoms with van der Waals surface area (Å²) in [5.74, 6) is -3.47. The zero-order valence-corrected chi connectivity index (χ0v) is 17.3. The van der Waals surface area contributed by atoms with Crippen LogP contribution in [0.1, 0.15) is 62.3 Å². The number of carbonyl (C=O) groups excluding carboxylic acids is 4. The van der Waals surface area contributed by atoms with Gasteiger partial charge < -0.3 is 0 Å². The summed E-state index contributed by atoms with van der Waals surface area (Å²) < 4.78 is 0. The van der Waals surface area contributed by atoms with Crippen LogP contribution in [0.25, 0.3) is 0 Å². The van der Waals surface area contributed by atoms with E-state index >= 15 is 0 Å². The Hall–Kier alpha value is -2.62. The molecule has 28 heavy (non-hydrogen) atoms. The molecule has 0 N–H and O–H groups in total. The van der Waals surface area contributed by atoms with Gasteiger partial charge in [-0.2, -0.15) is 0 Å². The Bertz CT molecular complexity index is 927. The van der Waals surface area contributed by atoms with Crippen molar-refractivity contribution in [3.63, 3.8) is 0 Å². The van der Waals surface area contributed by atoms with E-state index in [1.54, 1.807) is 30.4 Å². The highest BCUT2D eigenvalue weighted by Gasteiger charge is 2.46. The molecule has 146 valence electrons. The van der Waals surface area contributed by atoms with Gasteiger partial charge in [-0.1, -0.05) is 78.0 Å². The summed E-state index contributed by atoms with van der Waals surface area (Å²) in [6.07, 6.45) is 3.44. The van der Waals surface area contributed by atoms with Crippen molar-refractivity contribution >= 4 is 23.1 Å². The molecule has 1 aromatic rings. The molecule has 0 saturated heterocycles. The van der Waals surface area contributed by atoms with Crippen molar-refractivity contribution in [3.8, 4) is 0 Å². The van der Waals surface area contributed by atoms with E-state index in [4.69, 9.17) is 0 Å². The highest BCUT2D eigenvalue weighted by molar-refractivity contribution is 6.52. The molecule has 0 aliphatic heterocycles. The van der Waals surface area contributed by atoms with E-state index in [2.05, 4.69) is 0 Å². The summed E-state index contributed by atoms with van der Waals surface area (Å²) in [5, 5.41) is 0. The van der Waals surface area contributed by atoms with E-state index < -0.39 is 34.2 Å². The van der Waals surface area contributed by atoms with Crippen LogP contribution in [-0.2, 0) is 9.59 Å². The van der Waals surface area contributed by atoms with Crippen molar-refractivity contribution in [2.75, 3.05) is 0 Å². The van der Waals surface area contributed by atoms with Crippen LogP contribution in [0.15, 0.2) is 47.6 Å². The summed E-state index contributed by atoms with van der Waals surface area (Å²) in [5.41, 5.74) is 0.728. The third-order valence-corrected chi connectivity index (χ3v) is 5.43. The Balaban J connectivity index is 2.18. The Morgan fingerprint density at radius 2 is 1.11 bits per heavy atom. The quantitative estimate of drug-likeness (QED) is 0.537. The van der Waals surface area contributed by atoms with Gasteiger partial charge in [0.05, 0.1) is 5.92 Å². The standard InChI is InChI=1S/C24H26O4/c1-23(2,3)16-11-13(12-17(21(16)27)24(4,5)6)18-19(25)14-9-7-8-10-15(14)20(26)22(18)28/h7-13,18H,1-6H3. The van der Waals surface area contributed by atoms with Crippen molar-refractivity contribution in [1.29, 1.82) is 0 Å². The van der Waals surface area contributed by atoms with Crippen molar-refractivity contribution in [2.24, 2.45) is 22.7 Å². The molecule has 2 aliphatic carbocycles. The number of fused-ring (bicyclic) bond motifs is 1. The lowest BCUT2D eigenvalue weighted by atomic mass is 9.66. The highest BCUT2D eigenvalue weighted by Crippen LogP contribution is 2.42. The largest absolute Gasteiger partial charge is 0.293 e. The van der Waals surface area contributed by atoms with Crippen molar-refractivity contribution in [2.45, 2.75) is 41.5 Å². The van der Waals surface area contributed by atoms with Gasteiger partial charge in [0.1, 0.15) is 0 Å². The molecule has 1 unspecified atom stereocenters. The van der Waals surface area contributed by atoms with E-state index in [-0.39, 0.29) is 22.7 Å². The zero-order chi connectivity index (χ0) is 21.0. The summed E-state index contributed by atoms with van der Waals surface area (Å²) in [4.78, 5) is 51.8. The van der Waals surface area contributed by atoms with Crippen LogP contribution in [0, 0.1) is 22.7 Å². The predicted octanol–water partition coefficient (Wildman–Crippen LogP) is 4.39. The minimum Gasteiger partial charge on any atom is -0.293 e. The fraction of sp³-hybridized carbons (Fsp3) is 0.417. The number of benzene rings is 1. The minimum atomic E-state index is -1.12. The van der Waals surface area contributed by atoms with Gasteiger partial charge in [0.15, 0.2) is 11.6 Å². The van der Waals surface area contributed by atoms with E-state index in [0.717, 1.165) is 0 Å². The summed E-state index contributed by atoms with van der Waals surface area (Å²) in [7, 11) is 0. The predicted molar refractivity (Wildman–Crippen MR) is 107 cm³/mol. The first-order valence-electron chi connectivity index (χ1n) is 9.55. The SMILES string of the molecule is CC(C)(C)C1=CC(C2C(=O)C(=O)c3ccccc3C2=O)C=C(C(C)(C)C)C1=O. The second-order valence-corrected chi connectivity index (χ2v) is 9.65. The summed E-state index contributed by atoms with van der Waals surface area (Å²) in [6, 6.07) is 6.44. The van der Waals surface area contributed by atoms with Gasteiger partial charge in [-0.15, -0.1) is 0 Å². The Kier molecular flexibility index (Phi) is 4.65. The lowest BCUT2D eigenvalue weighted by Crippen LogP contribution is -2.42. The zero-order valence-electron chi connectivity index (χ0n) is 17.3. The normalized spacial score (nSPS) is 21.4. The van der Waals surface area contributed by atoms with E-state index in [0.29, 0.717) is 11.1 Å². The van der Waals surface area contributed by atoms with Gasteiger partial charge in [0.2, 0.25) is 11.6 Å². The Labute approximate surface area is 165 Å². The molecular weight excluding hydrogens is 352 g/mol. The molecule has 2 aliphatic rings. The number of allylic oxidation sites excluding steroid dienone is 4. The summed E-state index contributed by atoms with van der Waals surface area (Å²) >= 11 is 0. The maximum Gasteiger partial charge on any atom is 0.230 e. The number of ketones is 4. The molecule has 3 rings (SSSR count). The van der Waals surface area contributed by atoms with Gasteiger partial charge >= 0.3 is 0 Å². The Morgan fingerprint density at radius 1 is 0.643 bits per heavy atom. The lowest BCUT2D eigenvalue weighted by Gasteiger charge is -2.35. The van der Waals surface area contributed by atoms with Crippen LogP contribution >= 0.6 is 0 Å². The molecule has 1 atom stereocenters. The maximum atomic E-state index is 13.1. The second kappa shape index (κ2) is 6.47. The monoisotopic (exact) mass is 378 g/mol. The number of hydrogen-bond acceptors (Lipinski definition) is 4. The molecule has 0 spiro atoms. The maximum absolute atomic E-state index is 13.1. The third-order valence-electron chi connectivity index (χ3n) is 5.43. The average molecular weight is 378 g/mol. The van der Waals surface area contributed by atoms with Crippen LogP contribution in [-0.4, -0.2) is 23.1 Å².